The average Bonchev–Trinajstić information content (AvgIpc) is 2.55. The van der Waals surface area contributed by atoms with E-state index in [-0.39, 0.29) is 18.0 Å². The molecule has 5 nitrogen and oxygen atoms in total. The fourth-order valence-corrected chi connectivity index (χ4v) is 4.40. The zero-order valence-electron chi connectivity index (χ0n) is 15.7. The maximum Gasteiger partial charge on any atom is 0.123 e. The van der Waals surface area contributed by atoms with Gasteiger partial charge in [-0.15, -0.1) is 0 Å². The predicted molar refractivity (Wildman–Crippen MR) is 106 cm³/mol. The topological polar surface area (TPSA) is 65.8 Å². The van der Waals surface area contributed by atoms with E-state index in [1.807, 2.05) is 24.6 Å². The van der Waals surface area contributed by atoms with Gasteiger partial charge >= 0.3 is 0 Å². The van der Waals surface area contributed by atoms with E-state index in [4.69, 9.17) is 14.9 Å². The lowest BCUT2D eigenvalue weighted by atomic mass is 10.2. The monoisotopic (exact) mass is 376 g/mol. The summed E-state index contributed by atoms with van der Waals surface area (Å²) in [5.74, 6) is 0.634. The number of nitrogens with zero attached hydrogens (tertiary/aromatic N) is 2. The van der Waals surface area contributed by atoms with Crippen molar-refractivity contribution >= 4 is 21.6 Å². The van der Waals surface area contributed by atoms with Gasteiger partial charge in [-0.05, 0) is 27.2 Å². The molecule has 0 radical (unpaired) electrons. The van der Waals surface area contributed by atoms with Crippen molar-refractivity contribution in [1.29, 1.82) is 0 Å². The van der Waals surface area contributed by atoms with Crippen LogP contribution >= 0.6 is 21.6 Å². The molecule has 0 saturated heterocycles. The number of aliphatic hydroxyl groups is 2. The number of ether oxygens (including phenoxy) is 1. The molecule has 0 amide bonds. The standard InChI is InChI=1S/C15H26N2O3S2.C2H6/c1-15(2,22-21-4)11-17(3)5-6-20-14-7-12(9-18)16-13(8-14)10-19;1-2/h7-8,18-19H,5-6,9-11H2,1-4H3;1-2H3. The Hall–Kier alpha value is -0.470. The van der Waals surface area contributed by atoms with Crippen molar-refractivity contribution < 1.29 is 14.9 Å². The van der Waals surface area contributed by atoms with E-state index >= 15 is 0 Å². The lowest BCUT2D eigenvalue weighted by Crippen LogP contribution is -2.35. The minimum absolute atomic E-state index is 0.163. The third-order valence-corrected chi connectivity index (χ3v) is 5.53. The molecular formula is C17H32N2O3S2. The number of aromatic nitrogens is 1. The highest BCUT2D eigenvalue weighted by Crippen LogP contribution is 2.33. The molecule has 0 aliphatic rings. The predicted octanol–water partition coefficient (Wildman–Crippen LogP) is 3.19. The molecule has 1 aromatic rings. The fourth-order valence-electron chi connectivity index (χ4n) is 2.16. The third-order valence-electron chi connectivity index (χ3n) is 2.93. The molecule has 1 aromatic heterocycles. The van der Waals surface area contributed by atoms with E-state index in [0.29, 0.717) is 23.7 Å². The first-order valence-electron chi connectivity index (χ1n) is 8.15. The molecule has 0 aliphatic carbocycles. The Labute approximate surface area is 154 Å². The maximum atomic E-state index is 9.16. The van der Waals surface area contributed by atoms with Crippen LogP contribution in [0.4, 0.5) is 0 Å². The minimum atomic E-state index is -0.163. The summed E-state index contributed by atoms with van der Waals surface area (Å²) in [5, 5.41) is 18.3. The second-order valence-corrected chi connectivity index (χ2v) is 8.80. The van der Waals surface area contributed by atoms with E-state index in [2.05, 4.69) is 37.0 Å². The van der Waals surface area contributed by atoms with Crippen LogP contribution in [0.3, 0.4) is 0 Å². The second kappa shape index (κ2) is 12.8. The van der Waals surface area contributed by atoms with E-state index in [1.54, 1.807) is 22.9 Å². The zero-order valence-corrected chi connectivity index (χ0v) is 17.3. The van der Waals surface area contributed by atoms with Crippen molar-refractivity contribution in [3.8, 4) is 5.75 Å². The van der Waals surface area contributed by atoms with Crippen LogP contribution in [0.15, 0.2) is 12.1 Å². The number of aliphatic hydroxyl groups excluding tert-OH is 2. The van der Waals surface area contributed by atoms with Crippen LogP contribution in [-0.2, 0) is 13.2 Å². The maximum absolute atomic E-state index is 9.16. The largest absolute Gasteiger partial charge is 0.492 e. The van der Waals surface area contributed by atoms with Gasteiger partial charge in [0, 0.05) is 30.0 Å². The first-order valence-corrected chi connectivity index (χ1v) is 10.7. The van der Waals surface area contributed by atoms with Crippen molar-refractivity contribution in [2.75, 3.05) is 33.0 Å². The van der Waals surface area contributed by atoms with E-state index in [1.165, 1.54) is 0 Å². The van der Waals surface area contributed by atoms with Crippen LogP contribution in [0.25, 0.3) is 0 Å². The first kappa shape index (κ1) is 23.5. The first-order chi connectivity index (χ1) is 11.4. The molecular weight excluding hydrogens is 344 g/mol. The van der Waals surface area contributed by atoms with E-state index in [9.17, 15) is 0 Å². The summed E-state index contributed by atoms with van der Waals surface area (Å²) in [6, 6.07) is 3.40. The summed E-state index contributed by atoms with van der Waals surface area (Å²) in [6.07, 6.45) is 2.09. The number of hydrogen-bond acceptors (Lipinski definition) is 7. The molecule has 1 rings (SSSR count). The smallest absolute Gasteiger partial charge is 0.123 e. The van der Waals surface area contributed by atoms with Gasteiger partial charge in [-0.2, -0.15) is 0 Å². The molecule has 2 N–H and O–H groups in total. The van der Waals surface area contributed by atoms with Crippen molar-refractivity contribution in [1.82, 2.24) is 9.88 Å². The van der Waals surface area contributed by atoms with Gasteiger partial charge in [0.25, 0.3) is 0 Å². The lowest BCUT2D eigenvalue weighted by Gasteiger charge is -2.28. The van der Waals surface area contributed by atoms with Gasteiger partial charge in [-0.25, -0.2) is 0 Å². The molecule has 0 aromatic carbocycles. The zero-order chi connectivity index (χ0) is 18.6. The van der Waals surface area contributed by atoms with Crippen LogP contribution in [0, 0.1) is 0 Å². The third kappa shape index (κ3) is 9.74. The van der Waals surface area contributed by atoms with Gasteiger partial charge < -0.3 is 19.8 Å². The van der Waals surface area contributed by atoms with Crippen LogP contribution in [0.1, 0.15) is 39.1 Å². The number of hydrogen-bond donors (Lipinski definition) is 2. The van der Waals surface area contributed by atoms with E-state index in [0.717, 1.165) is 13.1 Å². The minimum Gasteiger partial charge on any atom is -0.492 e. The van der Waals surface area contributed by atoms with Gasteiger partial charge in [-0.3, -0.25) is 4.98 Å². The Morgan fingerprint density at radius 2 is 1.71 bits per heavy atom. The fraction of sp³-hybridized carbons (Fsp3) is 0.706. The Morgan fingerprint density at radius 1 is 1.17 bits per heavy atom. The normalized spacial score (nSPS) is 11.2. The summed E-state index contributed by atoms with van der Waals surface area (Å²) in [4.78, 5) is 6.33. The Morgan fingerprint density at radius 3 is 2.17 bits per heavy atom. The molecule has 7 heteroatoms. The van der Waals surface area contributed by atoms with Crippen LogP contribution in [0.5, 0.6) is 5.75 Å². The van der Waals surface area contributed by atoms with Gasteiger partial charge in [-0.1, -0.05) is 35.4 Å². The average molecular weight is 377 g/mol. The molecule has 0 atom stereocenters. The van der Waals surface area contributed by atoms with Crippen molar-refractivity contribution in [2.24, 2.45) is 0 Å². The van der Waals surface area contributed by atoms with Crippen LogP contribution in [0.2, 0.25) is 0 Å². The highest BCUT2D eigenvalue weighted by Gasteiger charge is 2.20. The summed E-state index contributed by atoms with van der Waals surface area (Å²) in [6.45, 7) is 10.5. The van der Waals surface area contributed by atoms with Gasteiger partial charge in [0.1, 0.15) is 12.4 Å². The van der Waals surface area contributed by atoms with Crippen LogP contribution < -0.4 is 4.74 Å². The Balaban J connectivity index is 0.00000254. The van der Waals surface area contributed by atoms with E-state index < -0.39 is 0 Å². The lowest BCUT2D eigenvalue weighted by molar-refractivity contribution is 0.226. The second-order valence-electron chi connectivity index (χ2n) is 5.70. The quantitative estimate of drug-likeness (QED) is 0.608. The van der Waals surface area contributed by atoms with Crippen LogP contribution in [-0.4, -0.2) is 57.8 Å². The van der Waals surface area contributed by atoms with Gasteiger partial charge in [0.05, 0.1) is 24.6 Å². The Bertz CT molecular complexity index is 437. The highest BCUT2D eigenvalue weighted by molar-refractivity contribution is 8.76. The summed E-state index contributed by atoms with van der Waals surface area (Å²) in [7, 11) is 5.74. The van der Waals surface area contributed by atoms with Gasteiger partial charge in [0.2, 0.25) is 0 Å². The molecule has 1 heterocycles. The summed E-state index contributed by atoms with van der Waals surface area (Å²) < 4.78 is 5.91. The van der Waals surface area contributed by atoms with Crippen molar-refractivity contribution in [2.45, 2.75) is 45.7 Å². The summed E-state index contributed by atoms with van der Waals surface area (Å²) in [5.41, 5.74) is 1.01. The molecule has 0 unspecified atom stereocenters. The highest BCUT2D eigenvalue weighted by atomic mass is 33.1. The van der Waals surface area contributed by atoms with Gasteiger partial charge in [0.15, 0.2) is 0 Å². The molecule has 0 bridgehead atoms. The molecule has 24 heavy (non-hydrogen) atoms. The molecule has 0 saturated carbocycles. The number of likely N-dealkylation sites (N-methyl/N-ethyl adjacent to an activating group) is 1. The molecule has 0 fully saturated rings. The molecule has 0 spiro atoms. The van der Waals surface area contributed by atoms with Crippen molar-refractivity contribution in [3.63, 3.8) is 0 Å². The van der Waals surface area contributed by atoms with Crippen molar-refractivity contribution in [3.05, 3.63) is 23.5 Å². The number of pyridine rings is 1. The Kier molecular flexibility index (Phi) is 12.6. The summed E-state index contributed by atoms with van der Waals surface area (Å²) >= 11 is 0. The number of rotatable bonds is 10. The molecule has 140 valence electrons. The molecule has 0 aliphatic heterocycles. The SMILES string of the molecule is CC.CSSC(C)(C)CN(C)CCOc1cc(CO)nc(CO)c1.